The summed E-state index contributed by atoms with van der Waals surface area (Å²) in [4.78, 5) is 34.7. The van der Waals surface area contributed by atoms with Gasteiger partial charge in [-0.05, 0) is 25.1 Å². The Balaban J connectivity index is 2.18. The Kier molecular flexibility index (Phi) is 4.18. The van der Waals surface area contributed by atoms with Gasteiger partial charge in [0.2, 0.25) is 5.91 Å². The van der Waals surface area contributed by atoms with E-state index in [-0.39, 0.29) is 12.2 Å². The van der Waals surface area contributed by atoms with Crippen molar-refractivity contribution in [2.75, 3.05) is 5.32 Å². The van der Waals surface area contributed by atoms with Crippen molar-refractivity contribution in [2.24, 2.45) is 0 Å². The first-order valence-electron chi connectivity index (χ1n) is 6.27. The molecule has 0 aliphatic carbocycles. The van der Waals surface area contributed by atoms with Gasteiger partial charge in [-0.15, -0.1) is 0 Å². The molecule has 0 aliphatic heterocycles. The topological polar surface area (TPSA) is 88.4 Å². The van der Waals surface area contributed by atoms with E-state index in [1.165, 1.54) is 18.2 Å². The monoisotopic (exact) mass is 286 g/mol. The molecule has 0 bridgehead atoms. The Morgan fingerprint density at radius 3 is 2.43 bits per heavy atom. The quantitative estimate of drug-likeness (QED) is 0.891. The molecule has 0 radical (unpaired) electrons. The largest absolute Gasteiger partial charge is 0.477 e. The number of pyridine rings is 1. The molecule has 2 N–H and O–H groups in total. The van der Waals surface area contributed by atoms with Gasteiger partial charge in [-0.3, -0.25) is 14.2 Å². The maximum Gasteiger partial charge on any atom is 0.352 e. The minimum Gasteiger partial charge on any atom is -0.477 e. The van der Waals surface area contributed by atoms with Crippen molar-refractivity contribution < 1.29 is 14.7 Å². The second kappa shape index (κ2) is 6.04. The van der Waals surface area contributed by atoms with Crippen LogP contribution in [0.15, 0.2) is 47.3 Å². The normalized spacial score (nSPS) is 10.1. The highest BCUT2D eigenvalue weighted by molar-refractivity contribution is 5.92. The van der Waals surface area contributed by atoms with E-state index in [1.807, 2.05) is 19.1 Å². The number of carboxylic acids is 1. The van der Waals surface area contributed by atoms with Gasteiger partial charge in [-0.1, -0.05) is 23.8 Å². The van der Waals surface area contributed by atoms with Gasteiger partial charge in [0.15, 0.2) is 0 Å². The Morgan fingerprint density at radius 2 is 1.81 bits per heavy atom. The van der Waals surface area contributed by atoms with E-state index < -0.39 is 17.4 Å². The van der Waals surface area contributed by atoms with Crippen LogP contribution in [0.1, 0.15) is 16.1 Å². The zero-order valence-corrected chi connectivity index (χ0v) is 11.4. The molecule has 1 heterocycles. The number of carbonyl (C=O) groups excluding carboxylic acids is 1. The molecule has 21 heavy (non-hydrogen) atoms. The van der Waals surface area contributed by atoms with Crippen molar-refractivity contribution in [1.29, 1.82) is 0 Å². The number of aromatic nitrogens is 1. The second-order valence-electron chi connectivity index (χ2n) is 4.55. The molecule has 0 saturated carbocycles. The van der Waals surface area contributed by atoms with E-state index in [9.17, 15) is 14.4 Å². The number of hydrogen-bond donors (Lipinski definition) is 2. The van der Waals surface area contributed by atoms with E-state index in [0.717, 1.165) is 10.1 Å². The molecule has 108 valence electrons. The third kappa shape index (κ3) is 3.56. The highest BCUT2D eigenvalue weighted by Gasteiger charge is 2.13. The molecule has 0 spiro atoms. The number of nitrogens with zero attached hydrogens (tertiary/aromatic N) is 1. The summed E-state index contributed by atoms with van der Waals surface area (Å²) in [5.41, 5.74) is 0.891. The number of rotatable bonds is 4. The van der Waals surface area contributed by atoms with Crippen LogP contribution in [0.4, 0.5) is 5.69 Å². The van der Waals surface area contributed by atoms with Crippen molar-refractivity contribution in [3.8, 4) is 0 Å². The average Bonchev–Trinajstić information content (AvgIpc) is 2.43. The van der Waals surface area contributed by atoms with Gasteiger partial charge in [0, 0.05) is 11.8 Å². The summed E-state index contributed by atoms with van der Waals surface area (Å²) in [6.45, 7) is 1.57. The predicted octanol–water partition coefficient (Wildman–Crippen LogP) is 1.49. The Hall–Kier alpha value is -2.89. The minimum atomic E-state index is -1.25. The van der Waals surface area contributed by atoms with Crippen LogP contribution < -0.4 is 10.9 Å². The molecule has 2 rings (SSSR count). The van der Waals surface area contributed by atoms with Crippen LogP contribution in [0.5, 0.6) is 0 Å². The number of carbonyl (C=O) groups is 2. The Bertz CT molecular complexity index is 732. The van der Waals surface area contributed by atoms with Crippen molar-refractivity contribution in [3.63, 3.8) is 0 Å². The van der Waals surface area contributed by atoms with Crippen LogP contribution in [-0.4, -0.2) is 21.6 Å². The number of nitrogens with one attached hydrogen (secondary N) is 1. The van der Waals surface area contributed by atoms with Gasteiger partial charge < -0.3 is 10.4 Å². The number of carboxylic acid groups (broad SMARTS) is 1. The molecule has 0 fully saturated rings. The van der Waals surface area contributed by atoms with E-state index in [4.69, 9.17) is 5.11 Å². The smallest absolute Gasteiger partial charge is 0.352 e. The lowest BCUT2D eigenvalue weighted by Crippen LogP contribution is -2.30. The van der Waals surface area contributed by atoms with Gasteiger partial charge in [-0.25, -0.2) is 4.79 Å². The standard InChI is InChI=1S/C15H14N2O4/c1-10-5-7-11(8-6-10)16-13(18)9-17-12(15(20)21)3-2-4-14(17)19/h2-8H,9H2,1H3,(H,16,18)(H,20,21). The van der Waals surface area contributed by atoms with Crippen LogP contribution in [-0.2, 0) is 11.3 Å². The van der Waals surface area contributed by atoms with Crippen LogP contribution in [0.25, 0.3) is 0 Å². The minimum absolute atomic E-state index is 0.221. The van der Waals surface area contributed by atoms with Crippen molar-refractivity contribution in [3.05, 3.63) is 64.1 Å². The number of aryl methyl sites for hydroxylation is 1. The fraction of sp³-hybridized carbons (Fsp3) is 0.133. The van der Waals surface area contributed by atoms with Crippen molar-refractivity contribution in [1.82, 2.24) is 4.57 Å². The predicted molar refractivity (Wildman–Crippen MR) is 77.5 cm³/mol. The molecule has 1 aromatic heterocycles. The SMILES string of the molecule is Cc1ccc(NC(=O)Cn2c(C(=O)O)cccc2=O)cc1. The first-order valence-corrected chi connectivity index (χ1v) is 6.27. The summed E-state index contributed by atoms with van der Waals surface area (Å²) in [5, 5.41) is 11.7. The summed E-state index contributed by atoms with van der Waals surface area (Å²) in [5.74, 6) is -1.72. The molecule has 0 unspecified atom stereocenters. The molecule has 1 aromatic carbocycles. The number of amides is 1. The molecular weight excluding hydrogens is 272 g/mol. The molecule has 6 heteroatoms. The Morgan fingerprint density at radius 1 is 1.14 bits per heavy atom. The van der Waals surface area contributed by atoms with Gasteiger partial charge in [0.25, 0.3) is 5.56 Å². The van der Waals surface area contributed by atoms with E-state index in [2.05, 4.69) is 5.32 Å². The van der Waals surface area contributed by atoms with Gasteiger partial charge in [0.1, 0.15) is 12.2 Å². The van der Waals surface area contributed by atoms with Crippen LogP contribution >= 0.6 is 0 Å². The highest BCUT2D eigenvalue weighted by Crippen LogP contribution is 2.08. The van der Waals surface area contributed by atoms with Gasteiger partial charge in [0.05, 0.1) is 0 Å². The fourth-order valence-electron chi connectivity index (χ4n) is 1.85. The van der Waals surface area contributed by atoms with Crippen LogP contribution in [0, 0.1) is 6.92 Å². The fourth-order valence-corrected chi connectivity index (χ4v) is 1.85. The first kappa shape index (κ1) is 14.5. The van der Waals surface area contributed by atoms with Crippen LogP contribution in [0.3, 0.4) is 0 Å². The lowest BCUT2D eigenvalue weighted by atomic mass is 10.2. The van der Waals surface area contributed by atoms with Gasteiger partial charge in [-0.2, -0.15) is 0 Å². The molecule has 0 saturated heterocycles. The van der Waals surface area contributed by atoms with Crippen molar-refractivity contribution in [2.45, 2.75) is 13.5 Å². The lowest BCUT2D eigenvalue weighted by molar-refractivity contribution is -0.116. The maximum atomic E-state index is 11.9. The van der Waals surface area contributed by atoms with E-state index in [0.29, 0.717) is 5.69 Å². The molecule has 6 nitrogen and oxygen atoms in total. The van der Waals surface area contributed by atoms with E-state index in [1.54, 1.807) is 12.1 Å². The molecular formula is C15H14N2O4. The second-order valence-corrected chi connectivity index (χ2v) is 4.55. The summed E-state index contributed by atoms with van der Waals surface area (Å²) < 4.78 is 0.922. The van der Waals surface area contributed by atoms with Crippen molar-refractivity contribution >= 4 is 17.6 Å². The van der Waals surface area contributed by atoms with Gasteiger partial charge >= 0.3 is 5.97 Å². The third-order valence-corrected chi connectivity index (χ3v) is 2.91. The molecule has 2 aromatic rings. The maximum absolute atomic E-state index is 11.9. The third-order valence-electron chi connectivity index (χ3n) is 2.91. The number of anilines is 1. The average molecular weight is 286 g/mol. The summed E-state index contributed by atoms with van der Waals surface area (Å²) >= 11 is 0. The zero-order chi connectivity index (χ0) is 15.4. The highest BCUT2D eigenvalue weighted by atomic mass is 16.4. The van der Waals surface area contributed by atoms with Crippen LogP contribution in [0.2, 0.25) is 0 Å². The molecule has 0 aliphatic rings. The molecule has 0 atom stereocenters. The number of aromatic carboxylic acids is 1. The van der Waals surface area contributed by atoms with E-state index >= 15 is 0 Å². The molecule has 1 amide bonds. The summed E-state index contributed by atoms with van der Waals surface area (Å²) in [6.07, 6.45) is 0. The number of benzene rings is 1. The first-order chi connectivity index (χ1) is 9.97. The Labute approximate surface area is 120 Å². The number of hydrogen-bond acceptors (Lipinski definition) is 3. The zero-order valence-electron chi connectivity index (χ0n) is 11.4. The summed E-state index contributed by atoms with van der Waals surface area (Å²) in [7, 11) is 0. The summed E-state index contributed by atoms with van der Waals surface area (Å²) in [6, 6.07) is 11.0. The lowest BCUT2D eigenvalue weighted by Gasteiger charge is -2.10.